The second kappa shape index (κ2) is 9.01. The van der Waals surface area contributed by atoms with Crippen molar-refractivity contribution in [3.05, 3.63) is 65.9 Å². The van der Waals surface area contributed by atoms with E-state index in [1.807, 2.05) is 12.1 Å². The van der Waals surface area contributed by atoms with Gasteiger partial charge in [-0.05, 0) is 54.5 Å². The Balaban J connectivity index is 1.20. The molecule has 0 radical (unpaired) electrons. The highest BCUT2D eigenvalue weighted by Crippen LogP contribution is 2.51. The van der Waals surface area contributed by atoms with Crippen molar-refractivity contribution < 1.29 is 23.6 Å². The summed E-state index contributed by atoms with van der Waals surface area (Å²) in [5.41, 5.74) is 2.02. The lowest BCUT2D eigenvalue weighted by atomic mass is 9.64. The molecule has 182 valence electrons. The number of benzene rings is 1. The fourth-order valence-electron chi connectivity index (χ4n) is 5.15. The van der Waals surface area contributed by atoms with E-state index in [-0.39, 0.29) is 35.4 Å². The van der Waals surface area contributed by atoms with E-state index in [9.17, 15) is 19.1 Å². The molecule has 3 aromatic rings. The summed E-state index contributed by atoms with van der Waals surface area (Å²) in [5, 5.41) is 15.9. The maximum atomic E-state index is 13.2. The van der Waals surface area contributed by atoms with Gasteiger partial charge in [-0.1, -0.05) is 17.3 Å². The van der Waals surface area contributed by atoms with Crippen molar-refractivity contribution in [1.29, 1.82) is 0 Å². The topological polar surface area (TPSA) is 112 Å². The first kappa shape index (κ1) is 22.8. The number of amides is 2. The van der Waals surface area contributed by atoms with Crippen LogP contribution in [0.4, 0.5) is 15.0 Å². The molecule has 2 amide bonds. The molecular formula is C25H26FN5O4. The van der Waals surface area contributed by atoms with E-state index in [0.29, 0.717) is 5.76 Å². The van der Waals surface area contributed by atoms with E-state index < -0.39 is 6.09 Å². The minimum absolute atomic E-state index is 0.0518. The third-order valence-corrected chi connectivity index (χ3v) is 7.06. The summed E-state index contributed by atoms with van der Waals surface area (Å²) in [7, 11) is 1.49. The second-order valence-electron chi connectivity index (χ2n) is 9.31. The summed E-state index contributed by atoms with van der Waals surface area (Å²) in [6.07, 6.45) is 3.28. The number of nitrogens with zero attached hydrogens (tertiary/aromatic N) is 4. The molecule has 1 saturated carbocycles. The lowest BCUT2D eigenvalue weighted by molar-refractivity contribution is 0.0131. The first-order chi connectivity index (χ1) is 16.9. The molecule has 2 N–H and O–H groups in total. The van der Waals surface area contributed by atoms with Gasteiger partial charge in [0.15, 0.2) is 11.5 Å². The SMILES string of the molecule is CNC(=O)c1cc(CN(C(=O)O)C2CC3(CCN(c4ccc(-c5ccc(F)cc5)cn4)C3)C2)on1. The Bertz CT molecular complexity index is 1220. The Morgan fingerprint density at radius 2 is 1.97 bits per heavy atom. The number of halogens is 1. The van der Waals surface area contributed by atoms with Gasteiger partial charge >= 0.3 is 6.09 Å². The van der Waals surface area contributed by atoms with E-state index in [1.165, 1.54) is 30.1 Å². The average molecular weight is 480 g/mol. The maximum absolute atomic E-state index is 13.2. The number of rotatable bonds is 6. The van der Waals surface area contributed by atoms with Gasteiger partial charge in [-0.15, -0.1) is 0 Å². The van der Waals surface area contributed by atoms with Gasteiger partial charge in [-0.25, -0.2) is 14.2 Å². The van der Waals surface area contributed by atoms with Gasteiger partial charge in [0, 0.05) is 44.0 Å². The fraction of sp³-hybridized carbons (Fsp3) is 0.360. The van der Waals surface area contributed by atoms with Crippen LogP contribution < -0.4 is 10.2 Å². The highest BCUT2D eigenvalue weighted by molar-refractivity contribution is 5.91. The quantitative estimate of drug-likeness (QED) is 0.553. The van der Waals surface area contributed by atoms with Crippen LogP contribution in [0.25, 0.3) is 11.1 Å². The first-order valence-corrected chi connectivity index (χ1v) is 11.5. The van der Waals surface area contributed by atoms with E-state index >= 15 is 0 Å². The van der Waals surface area contributed by atoms with E-state index in [4.69, 9.17) is 4.52 Å². The second-order valence-corrected chi connectivity index (χ2v) is 9.31. The zero-order chi connectivity index (χ0) is 24.6. The minimum Gasteiger partial charge on any atom is -0.465 e. The molecule has 1 aliphatic heterocycles. The summed E-state index contributed by atoms with van der Waals surface area (Å²) < 4.78 is 18.4. The number of carboxylic acid groups (broad SMARTS) is 1. The van der Waals surface area contributed by atoms with Gasteiger partial charge in [0.1, 0.15) is 11.6 Å². The highest BCUT2D eigenvalue weighted by Gasteiger charge is 2.51. The average Bonchev–Trinajstić information content (AvgIpc) is 3.50. The van der Waals surface area contributed by atoms with Crippen molar-refractivity contribution >= 4 is 17.8 Å². The van der Waals surface area contributed by atoms with Crippen LogP contribution >= 0.6 is 0 Å². The number of carbonyl (C=O) groups is 2. The van der Waals surface area contributed by atoms with Crippen LogP contribution in [0.1, 0.15) is 35.5 Å². The van der Waals surface area contributed by atoms with Gasteiger partial charge in [-0.3, -0.25) is 9.69 Å². The molecule has 5 rings (SSSR count). The summed E-state index contributed by atoms with van der Waals surface area (Å²) in [6.45, 7) is 1.74. The van der Waals surface area contributed by atoms with Crippen LogP contribution in [0.15, 0.2) is 53.2 Å². The van der Waals surface area contributed by atoms with Crippen LogP contribution in [0.2, 0.25) is 0 Å². The Morgan fingerprint density at radius 3 is 2.63 bits per heavy atom. The van der Waals surface area contributed by atoms with Gasteiger partial charge < -0.3 is 19.8 Å². The molecule has 2 fully saturated rings. The van der Waals surface area contributed by atoms with E-state index in [1.54, 1.807) is 18.3 Å². The third-order valence-electron chi connectivity index (χ3n) is 7.06. The number of hydrogen-bond donors (Lipinski definition) is 2. The van der Waals surface area contributed by atoms with Crippen molar-refractivity contribution in [3.63, 3.8) is 0 Å². The molecule has 0 unspecified atom stereocenters. The van der Waals surface area contributed by atoms with Gasteiger partial charge in [0.2, 0.25) is 0 Å². The van der Waals surface area contributed by atoms with Crippen LogP contribution in [-0.2, 0) is 6.54 Å². The normalized spacial score (nSPS) is 21.1. The number of aromatic nitrogens is 2. The molecule has 2 aliphatic rings. The van der Waals surface area contributed by atoms with E-state index in [0.717, 1.165) is 49.3 Å². The number of nitrogens with one attached hydrogen (secondary N) is 1. The highest BCUT2D eigenvalue weighted by atomic mass is 19.1. The Morgan fingerprint density at radius 1 is 1.23 bits per heavy atom. The zero-order valence-electron chi connectivity index (χ0n) is 19.3. The number of anilines is 1. The molecule has 1 aromatic carbocycles. The van der Waals surface area contributed by atoms with Gasteiger partial charge in [0.05, 0.1) is 6.54 Å². The number of carbonyl (C=O) groups excluding carboxylic acids is 1. The lowest BCUT2D eigenvalue weighted by Crippen LogP contribution is -2.53. The van der Waals surface area contributed by atoms with Crippen LogP contribution in [0, 0.1) is 11.2 Å². The smallest absolute Gasteiger partial charge is 0.407 e. The lowest BCUT2D eigenvalue weighted by Gasteiger charge is -2.48. The molecule has 35 heavy (non-hydrogen) atoms. The number of hydrogen-bond acceptors (Lipinski definition) is 6. The van der Waals surface area contributed by atoms with Crippen LogP contribution in [0.3, 0.4) is 0 Å². The summed E-state index contributed by atoms with van der Waals surface area (Å²) >= 11 is 0. The third kappa shape index (κ3) is 4.55. The molecule has 2 aromatic heterocycles. The number of pyridine rings is 1. The van der Waals surface area contributed by atoms with Crippen LogP contribution in [0.5, 0.6) is 0 Å². The molecule has 0 atom stereocenters. The molecule has 10 heteroatoms. The van der Waals surface area contributed by atoms with Crippen molar-refractivity contribution in [1.82, 2.24) is 20.4 Å². The first-order valence-electron chi connectivity index (χ1n) is 11.5. The summed E-state index contributed by atoms with van der Waals surface area (Å²) in [4.78, 5) is 31.8. The van der Waals surface area contributed by atoms with Crippen molar-refractivity contribution in [2.75, 3.05) is 25.0 Å². The predicted octanol–water partition coefficient (Wildman–Crippen LogP) is 3.77. The largest absolute Gasteiger partial charge is 0.465 e. The van der Waals surface area contributed by atoms with Crippen molar-refractivity contribution in [2.45, 2.75) is 31.8 Å². The molecule has 1 aliphatic carbocycles. The Labute approximate surface area is 201 Å². The molecule has 1 spiro atoms. The van der Waals surface area contributed by atoms with Gasteiger partial charge in [0.25, 0.3) is 5.91 Å². The maximum Gasteiger partial charge on any atom is 0.407 e. The molecule has 3 heterocycles. The Hall–Kier alpha value is -3.95. The zero-order valence-corrected chi connectivity index (χ0v) is 19.3. The van der Waals surface area contributed by atoms with Gasteiger partial charge in [-0.2, -0.15) is 0 Å². The monoisotopic (exact) mass is 479 g/mol. The van der Waals surface area contributed by atoms with Crippen LogP contribution in [-0.4, -0.2) is 58.3 Å². The van der Waals surface area contributed by atoms with Crippen molar-refractivity contribution in [2.24, 2.45) is 5.41 Å². The fourth-order valence-corrected chi connectivity index (χ4v) is 5.15. The molecular weight excluding hydrogens is 453 g/mol. The molecule has 0 bridgehead atoms. The Kier molecular flexibility index (Phi) is 5.88. The molecule has 9 nitrogen and oxygen atoms in total. The van der Waals surface area contributed by atoms with Crippen molar-refractivity contribution in [3.8, 4) is 11.1 Å². The van der Waals surface area contributed by atoms with E-state index in [2.05, 4.69) is 20.4 Å². The summed E-state index contributed by atoms with van der Waals surface area (Å²) in [6, 6.07) is 11.7. The summed E-state index contributed by atoms with van der Waals surface area (Å²) in [5.74, 6) is 0.574. The minimum atomic E-state index is -1.02. The standard InChI is InChI=1S/C25H26FN5O4/c1-27-23(32)21-10-20(35-29-21)14-31(24(33)34)19-11-25(12-19)8-9-30(15-25)22-7-4-17(13-28-22)16-2-5-18(26)6-3-16/h2-7,10,13,19H,8-9,11-12,14-15H2,1H3,(H,27,32)(H,33,34). The molecule has 1 saturated heterocycles. The predicted molar refractivity (Wildman–Crippen MR) is 125 cm³/mol.